The van der Waals surface area contributed by atoms with Crippen molar-refractivity contribution >= 4 is 23.5 Å². The SMILES string of the molecule is COc1cc(C(=O)Nc2ccccc2Oc2ccc(C(=O)O)c(C(=O)O)c2)cc(OC)c1OC. The number of nitrogens with one attached hydrogen (secondary N) is 1. The molecule has 0 saturated heterocycles. The second-order valence-electron chi connectivity index (χ2n) is 6.78. The fraction of sp³-hybridized carbons (Fsp3) is 0.125. The lowest BCUT2D eigenvalue weighted by atomic mass is 10.1. The molecule has 0 aliphatic heterocycles. The van der Waals surface area contributed by atoms with Crippen molar-refractivity contribution < 1.29 is 43.5 Å². The minimum Gasteiger partial charge on any atom is -0.493 e. The number of hydrogen-bond acceptors (Lipinski definition) is 7. The van der Waals surface area contributed by atoms with Crippen LogP contribution in [0.5, 0.6) is 28.7 Å². The van der Waals surface area contributed by atoms with Gasteiger partial charge in [-0.25, -0.2) is 9.59 Å². The molecule has 0 saturated carbocycles. The lowest BCUT2D eigenvalue weighted by molar-refractivity contribution is 0.0651. The number of hydrogen-bond donors (Lipinski definition) is 3. The molecule has 0 spiro atoms. The topological polar surface area (TPSA) is 141 Å². The fourth-order valence-corrected chi connectivity index (χ4v) is 3.14. The van der Waals surface area contributed by atoms with Gasteiger partial charge in [-0.3, -0.25) is 4.79 Å². The lowest BCUT2D eigenvalue weighted by Crippen LogP contribution is -2.13. The third-order valence-electron chi connectivity index (χ3n) is 4.74. The number of carboxylic acids is 2. The van der Waals surface area contributed by atoms with E-state index in [9.17, 15) is 24.6 Å². The van der Waals surface area contributed by atoms with Crippen molar-refractivity contribution in [3.63, 3.8) is 0 Å². The highest BCUT2D eigenvalue weighted by Crippen LogP contribution is 2.38. The Hall–Kier alpha value is -4.73. The third kappa shape index (κ3) is 5.01. The van der Waals surface area contributed by atoms with Gasteiger partial charge >= 0.3 is 11.9 Å². The maximum Gasteiger partial charge on any atom is 0.336 e. The molecule has 0 heterocycles. The molecule has 0 aliphatic carbocycles. The molecule has 3 aromatic carbocycles. The second-order valence-corrected chi connectivity index (χ2v) is 6.78. The number of carbonyl (C=O) groups is 3. The molecule has 0 aromatic heterocycles. The Morgan fingerprint density at radius 2 is 1.35 bits per heavy atom. The van der Waals surface area contributed by atoms with Gasteiger partial charge in [-0.05, 0) is 42.5 Å². The fourth-order valence-electron chi connectivity index (χ4n) is 3.14. The van der Waals surface area contributed by atoms with Crippen LogP contribution in [-0.2, 0) is 0 Å². The van der Waals surface area contributed by atoms with E-state index in [4.69, 9.17) is 18.9 Å². The predicted molar refractivity (Wildman–Crippen MR) is 121 cm³/mol. The van der Waals surface area contributed by atoms with E-state index in [1.54, 1.807) is 24.3 Å². The number of ether oxygens (including phenoxy) is 4. The Kier molecular flexibility index (Phi) is 7.22. The van der Waals surface area contributed by atoms with Crippen LogP contribution in [0.2, 0.25) is 0 Å². The van der Waals surface area contributed by atoms with E-state index < -0.39 is 23.4 Å². The first-order chi connectivity index (χ1) is 16.3. The van der Waals surface area contributed by atoms with Crippen LogP contribution in [0.25, 0.3) is 0 Å². The molecule has 0 atom stereocenters. The number of para-hydroxylation sites is 2. The first-order valence-corrected chi connectivity index (χ1v) is 9.78. The van der Waals surface area contributed by atoms with Crippen molar-refractivity contribution in [2.75, 3.05) is 26.6 Å². The highest BCUT2D eigenvalue weighted by molar-refractivity contribution is 6.06. The summed E-state index contributed by atoms with van der Waals surface area (Å²) in [5.74, 6) is -2.05. The molecule has 0 unspecified atom stereocenters. The van der Waals surface area contributed by atoms with Gasteiger partial charge < -0.3 is 34.5 Å². The summed E-state index contributed by atoms with van der Waals surface area (Å²) in [5, 5.41) is 21.2. The number of aromatic carboxylic acids is 2. The molecule has 176 valence electrons. The van der Waals surface area contributed by atoms with Crippen LogP contribution >= 0.6 is 0 Å². The Bertz CT molecular complexity index is 1230. The van der Waals surface area contributed by atoms with Gasteiger partial charge in [0, 0.05) is 5.56 Å². The standard InChI is InChI=1S/C24H21NO9/c1-31-19-10-13(11-20(32-2)21(19)33-3)22(26)25-17-6-4-5-7-18(17)34-14-8-9-15(23(27)28)16(12-14)24(29)30/h4-12H,1-3H3,(H,25,26)(H,27,28)(H,29,30). The molecule has 10 heteroatoms. The molecule has 3 aromatic rings. The molecular weight excluding hydrogens is 446 g/mol. The molecular formula is C24H21NO9. The number of carboxylic acid groups (broad SMARTS) is 2. The maximum absolute atomic E-state index is 13.0. The van der Waals surface area contributed by atoms with E-state index >= 15 is 0 Å². The predicted octanol–water partition coefficient (Wildman–Crippen LogP) is 4.15. The van der Waals surface area contributed by atoms with Gasteiger partial charge in [0.2, 0.25) is 5.75 Å². The first-order valence-electron chi connectivity index (χ1n) is 9.78. The van der Waals surface area contributed by atoms with Gasteiger partial charge in [-0.15, -0.1) is 0 Å². The summed E-state index contributed by atoms with van der Waals surface area (Å²) in [4.78, 5) is 35.7. The first kappa shape index (κ1) is 23.9. The summed E-state index contributed by atoms with van der Waals surface area (Å²) in [5.41, 5.74) is -0.281. The molecule has 0 aliphatic rings. The number of carbonyl (C=O) groups excluding carboxylic acids is 1. The van der Waals surface area contributed by atoms with Crippen LogP contribution in [0.15, 0.2) is 54.6 Å². The van der Waals surface area contributed by atoms with Gasteiger partial charge in [0.1, 0.15) is 5.75 Å². The minimum atomic E-state index is -1.41. The monoisotopic (exact) mass is 467 g/mol. The molecule has 0 bridgehead atoms. The third-order valence-corrected chi connectivity index (χ3v) is 4.74. The molecule has 3 N–H and O–H groups in total. The smallest absolute Gasteiger partial charge is 0.336 e. The summed E-state index contributed by atoms with van der Waals surface area (Å²) < 4.78 is 21.6. The summed E-state index contributed by atoms with van der Waals surface area (Å²) >= 11 is 0. The molecule has 10 nitrogen and oxygen atoms in total. The van der Waals surface area contributed by atoms with Crippen molar-refractivity contribution in [2.45, 2.75) is 0 Å². The van der Waals surface area contributed by atoms with Gasteiger partial charge in [-0.1, -0.05) is 12.1 Å². The number of benzene rings is 3. The average Bonchev–Trinajstić information content (AvgIpc) is 2.83. The van der Waals surface area contributed by atoms with E-state index in [1.807, 2.05) is 0 Å². The number of anilines is 1. The van der Waals surface area contributed by atoms with E-state index in [1.165, 1.54) is 39.5 Å². The Morgan fingerprint density at radius 3 is 1.91 bits per heavy atom. The molecule has 0 radical (unpaired) electrons. The van der Waals surface area contributed by atoms with E-state index in [2.05, 4.69) is 5.32 Å². The molecule has 0 fully saturated rings. The quantitative estimate of drug-likeness (QED) is 0.423. The van der Waals surface area contributed by atoms with Crippen molar-refractivity contribution in [2.24, 2.45) is 0 Å². The highest BCUT2D eigenvalue weighted by Gasteiger charge is 2.20. The van der Waals surface area contributed by atoms with Crippen molar-refractivity contribution in [1.82, 2.24) is 0 Å². The largest absolute Gasteiger partial charge is 0.493 e. The molecule has 34 heavy (non-hydrogen) atoms. The van der Waals surface area contributed by atoms with Gasteiger partial charge in [0.15, 0.2) is 17.2 Å². The minimum absolute atomic E-state index is 0.0804. The zero-order chi connectivity index (χ0) is 24.8. The van der Waals surface area contributed by atoms with Gasteiger partial charge in [0.25, 0.3) is 5.91 Å². The summed E-state index contributed by atoms with van der Waals surface area (Å²) in [6.07, 6.45) is 0. The van der Waals surface area contributed by atoms with Gasteiger partial charge in [-0.2, -0.15) is 0 Å². The van der Waals surface area contributed by atoms with Crippen LogP contribution in [0.1, 0.15) is 31.1 Å². The second kappa shape index (κ2) is 10.3. The van der Waals surface area contributed by atoms with Crippen molar-refractivity contribution in [1.29, 1.82) is 0 Å². The van der Waals surface area contributed by atoms with E-state index in [-0.39, 0.29) is 22.6 Å². The number of amides is 1. The Labute approximate surface area is 194 Å². The summed E-state index contributed by atoms with van der Waals surface area (Å²) in [7, 11) is 4.32. The lowest BCUT2D eigenvalue weighted by Gasteiger charge is -2.15. The average molecular weight is 467 g/mol. The zero-order valence-electron chi connectivity index (χ0n) is 18.4. The summed E-state index contributed by atoms with van der Waals surface area (Å²) in [6.45, 7) is 0. The van der Waals surface area contributed by atoms with E-state index in [0.29, 0.717) is 22.9 Å². The Morgan fingerprint density at radius 1 is 0.735 bits per heavy atom. The van der Waals surface area contributed by atoms with Crippen LogP contribution < -0.4 is 24.3 Å². The van der Waals surface area contributed by atoms with E-state index in [0.717, 1.165) is 12.1 Å². The van der Waals surface area contributed by atoms with Crippen molar-refractivity contribution in [3.05, 3.63) is 71.3 Å². The Balaban J connectivity index is 1.91. The summed E-state index contributed by atoms with van der Waals surface area (Å²) in [6, 6.07) is 13.0. The maximum atomic E-state index is 13.0. The normalized spacial score (nSPS) is 10.2. The highest BCUT2D eigenvalue weighted by atomic mass is 16.5. The van der Waals surface area contributed by atoms with Crippen LogP contribution in [-0.4, -0.2) is 49.4 Å². The molecule has 3 rings (SSSR count). The number of rotatable bonds is 9. The van der Waals surface area contributed by atoms with Crippen LogP contribution in [0.4, 0.5) is 5.69 Å². The number of methoxy groups -OCH3 is 3. The van der Waals surface area contributed by atoms with Gasteiger partial charge in [0.05, 0.1) is 38.1 Å². The van der Waals surface area contributed by atoms with Crippen LogP contribution in [0, 0.1) is 0 Å². The zero-order valence-corrected chi connectivity index (χ0v) is 18.4. The van der Waals surface area contributed by atoms with Crippen molar-refractivity contribution in [3.8, 4) is 28.7 Å². The molecule has 1 amide bonds. The van der Waals surface area contributed by atoms with Crippen LogP contribution in [0.3, 0.4) is 0 Å².